The molecule has 4 heteroatoms. The number of hydrogen-bond donors (Lipinski definition) is 2. The van der Waals surface area contributed by atoms with Crippen LogP contribution in [-0.4, -0.2) is 50.1 Å². The Morgan fingerprint density at radius 2 is 1.94 bits per heavy atom. The highest BCUT2D eigenvalue weighted by Crippen LogP contribution is 2.13. The van der Waals surface area contributed by atoms with Crippen LogP contribution in [0.5, 0.6) is 0 Å². The van der Waals surface area contributed by atoms with Crippen LogP contribution in [0.2, 0.25) is 0 Å². The SMILES string of the molecule is CCCNC(=NC)NCC(CC)N1CCCC1. The van der Waals surface area contributed by atoms with Crippen molar-refractivity contribution in [1.29, 1.82) is 0 Å². The van der Waals surface area contributed by atoms with Gasteiger partial charge in [-0.15, -0.1) is 0 Å². The quantitative estimate of drug-likeness (QED) is 0.545. The molecule has 0 spiro atoms. The van der Waals surface area contributed by atoms with Crippen molar-refractivity contribution >= 4 is 5.96 Å². The molecule has 1 aliphatic rings. The van der Waals surface area contributed by atoms with Gasteiger partial charge in [0.15, 0.2) is 5.96 Å². The van der Waals surface area contributed by atoms with Gasteiger partial charge in [-0.3, -0.25) is 9.89 Å². The number of rotatable bonds is 6. The van der Waals surface area contributed by atoms with Crippen molar-refractivity contribution in [2.24, 2.45) is 4.99 Å². The summed E-state index contributed by atoms with van der Waals surface area (Å²) in [6.07, 6.45) is 5.06. The molecule has 1 rings (SSSR count). The third kappa shape index (κ3) is 4.94. The summed E-state index contributed by atoms with van der Waals surface area (Å²) in [6.45, 7) is 8.95. The maximum Gasteiger partial charge on any atom is 0.191 e. The second kappa shape index (κ2) is 8.34. The molecule has 1 unspecified atom stereocenters. The van der Waals surface area contributed by atoms with Crippen LogP contribution in [0.3, 0.4) is 0 Å². The Morgan fingerprint density at radius 1 is 1.24 bits per heavy atom. The zero-order valence-electron chi connectivity index (χ0n) is 11.6. The summed E-state index contributed by atoms with van der Waals surface area (Å²) in [6, 6.07) is 0.651. The van der Waals surface area contributed by atoms with E-state index in [1.807, 2.05) is 7.05 Å². The molecule has 0 aromatic heterocycles. The zero-order valence-corrected chi connectivity index (χ0v) is 11.6. The van der Waals surface area contributed by atoms with E-state index in [0.29, 0.717) is 6.04 Å². The summed E-state index contributed by atoms with van der Waals surface area (Å²) < 4.78 is 0. The lowest BCUT2D eigenvalue weighted by Crippen LogP contribution is -2.46. The monoisotopic (exact) mass is 240 g/mol. The van der Waals surface area contributed by atoms with Crippen molar-refractivity contribution in [2.45, 2.75) is 45.6 Å². The molecule has 0 aromatic rings. The minimum atomic E-state index is 0.651. The predicted molar refractivity (Wildman–Crippen MR) is 74.5 cm³/mol. The molecule has 0 aliphatic carbocycles. The summed E-state index contributed by atoms with van der Waals surface area (Å²) in [5, 5.41) is 6.74. The fourth-order valence-corrected chi connectivity index (χ4v) is 2.32. The van der Waals surface area contributed by atoms with Gasteiger partial charge in [0.2, 0.25) is 0 Å². The summed E-state index contributed by atoms with van der Waals surface area (Å²) in [5.74, 6) is 0.935. The molecule has 4 nitrogen and oxygen atoms in total. The predicted octanol–water partition coefficient (Wildman–Crippen LogP) is 1.44. The Bertz CT molecular complexity index is 221. The molecule has 100 valence electrons. The number of guanidine groups is 1. The molecule has 1 saturated heterocycles. The molecule has 1 aliphatic heterocycles. The first-order valence-electron chi connectivity index (χ1n) is 7.00. The fraction of sp³-hybridized carbons (Fsp3) is 0.923. The van der Waals surface area contributed by atoms with Crippen molar-refractivity contribution in [3.8, 4) is 0 Å². The molecule has 2 N–H and O–H groups in total. The van der Waals surface area contributed by atoms with Gasteiger partial charge in [-0.1, -0.05) is 13.8 Å². The number of likely N-dealkylation sites (tertiary alicyclic amines) is 1. The molecular weight excluding hydrogens is 212 g/mol. The van der Waals surface area contributed by atoms with E-state index in [1.54, 1.807) is 0 Å². The Balaban J connectivity index is 2.30. The molecule has 0 bridgehead atoms. The van der Waals surface area contributed by atoms with E-state index < -0.39 is 0 Å². The van der Waals surface area contributed by atoms with Crippen LogP contribution < -0.4 is 10.6 Å². The van der Waals surface area contributed by atoms with E-state index in [1.165, 1.54) is 32.4 Å². The highest BCUT2D eigenvalue weighted by Gasteiger charge is 2.20. The third-order valence-corrected chi connectivity index (χ3v) is 3.40. The molecule has 0 amide bonds. The van der Waals surface area contributed by atoms with Crippen LogP contribution in [0.1, 0.15) is 39.5 Å². The summed E-state index contributed by atoms with van der Waals surface area (Å²) in [4.78, 5) is 6.83. The lowest BCUT2D eigenvalue weighted by atomic mass is 10.2. The van der Waals surface area contributed by atoms with Gasteiger partial charge in [-0.2, -0.15) is 0 Å². The van der Waals surface area contributed by atoms with Gasteiger partial charge in [-0.05, 0) is 38.8 Å². The molecule has 17 heavy (non-hydrogen) atoms. The van der Waals surface area contributed by atoms with Crippen molar-refractivity contribution in [3.05, 3.63) is 0 Å². The average molecular weight is 240 g/mol. The topological polar surface area (TPSA) is 39.7 Å². The minimum absolute atomic E-state index is 0.651. The van der Waals surface area contributed by atoms with Crippen LogP contribution in [-0.2, 0) is 0 Å². The number of nitrogens with zero attached hydrogens (tertiary/aromatic N) is 2. The lowest BCUT2D eigenvalue weighted by Gasteiger charge is -2.27. The Morgan fingerprint density at radius 3 is 2.47 bits per heavy atom. The van der Waals surface area contributed by atoms with E-state index in [-0.39, 0.29) is 0 Å². The van der Waals surface area contributed by atoms with Gasteiger partial charge in [0.25, 0.3) is 0 Å². The second-order valence-corrected chi connectivity index (χ2v) is 4.69. The second-order valence-electron chi connectivity index (χ2n) is 4.69. The molecule has 0 aromatic carbocycles. The average Bonchev–Trinajstić information content (AvgIpc) is 2.87. The molecular formula is C13H28N4. The van der Waals surface area contributed by atoms with Gasteiger partial charge in [0, 0.05) is 26.2 Å². The fourth-order valence-electron chi connectivity index (χ4n) is 2.32. The molecule has 0 saturated carbocycles. The van der Waals surface area contributed by atoms with E-state index in [9.17, 15) is 0 Å². The third-order valence-electron chi connectivity index (χ3n) is 3.40. The standard InChI is InChI=1S/C13H28N4/c1-4-8-15-13(14-3)16-11-12(5-2)17-9-6-7-10-17/h12H,4-11H2,1-3H3,(H2,14,15,16). The number of hydrogen-bond acceptors (Lipinski definition) is 2. The zero-order chi connectivity index (χ0) is 12.5. The van der Waals surface area contributed by atoms with Gasteiger partial charge < -0.3 is 10.6 Å². The van der Waals surface area contributed by atoms with Gasteiger partial charge in [0.1, 0.15) is 0 Å². The lowest BCUT2D eigenvalue weighted by molar-refractivity contribution is 0.236. The van der Waals surface area contributed by atoms with Crippen molar-refractivity contribution in [1.82, 2.24) is 15.5 Å². The maximum atomic E-state index is 4.23. The van der Waals surface area contributed by atoms with E-state index >= 15 is 0 Å². The van der Waals surface area contributed by atoms with Crippen LogP contribution in [0.4, 0.5) is 0 Å². The summed E-state index contributed by atoms with van der Waals surface area (Å²) in [7, 11) is 1.84. The van der Waals surface area contributed by atoms with Crippen molar-refractivity contribution in [3.63, 3.8) is 0 Å². The van der Waals surface area contributed by atoms with Crippen LogP contribution in [0, 0.1) is 0 Å². The maximum absolute atomic E-state index is 4.23. The van der Waals surface area contributed by atoms with Gasteiger partial charge >= 0.3 is 0 Å². The molecule has 1 fully saturated rings. The first kappa shape index (κ1) is 14.3. The van der Waals surface area contributed by atoms with Crippen LogP contribution in [0.15, 0.2) is 4.99 Å². The normalized spacial score (nSPS) is 19.4. The van der Waals surface area contributed by atoms with Crippen molar-refractivity contribution in [2.75, 3.05) is 33.2 Å². The summed E-state index contributed by atoms with van der Waals surface area (Å²) >= 11 is 0. The van der Waals surface area contributed by atoms with E-state index in [0.717, 1.165) is 25.5 Å². The first-order valence-corrected chi connectivity index (χ1v) is 7.00. The van der Waals surface area contributed by atoms with Crippen LogP contribution in [0.25, 0.3) is 0 Å². The highest BCUT2D eigenvalue weighted by atomic mass is 15.2. The summed E-state index contributed by atoms with van der Waals surface area (Å²) in [5.41, 5.74) is 0. The molecule has 1 heterocycles. The van der Waals surface area contributed by atoms with Gasteiger partial charge in [0.05, 0.1) is 0 Å². The number of nitrogens with one attached hydrogen (secondary N) is 2. The van der Waals surface area contributed by atoms with Crippen LogP contribution >= 0.6 is 0 Å². The van der Waals surface area contributed by atoms with E-state index in [2.05, 4.69) is 34.4 Å². The highest BCUT2D eigenvalue weighted by molar-refractivity contribution is 5.79. The molecule has 1 atom stereocenters. The number of aliphatic imine (C=N–C) groups is 1. The smallest absolute Gasteiger partial charge is 0.191 e. The van der Waals surface area contributed by atoms with E-state index in [4.69, 9.17) is 0 Å². The molecule has 0 radical (unpaired) electrons. The Kier molecular flexibility index (Phi) is 7.01. The minimum Gasteiger partial charge on any atom is -0.356 e. The largest absolute Gasteiger partial charge is 0.356 e. The first-order chi connectivity index (χ1) is 8.31. The van der Waals surface area contributed by atoms with Gasteiger partial charge in [-0.25, -0.2) is 0 Å². The van der Waals surface area contributed by atoms with Crippen molar-refractivity contribution < 1.29 is 0 Å². The Labute approximate surface area is 106 Å². The Hall–Kier alpha value is -0.770.